The molecule has 1 aromatic rings. The molecule has 0 saturated carbocycles. The van der Waals surface area contributed by atoms with Crippen molar-refractivity contribution in [3.8, 4) is 6.07 Å². The molecule has 6 heteroatoms. The van der Waals surface area contributed by atoms with E-state index in [1.165, 1.54) is 42.2 Å². The van der Waals surface area contributed by atoms with Gasteiger partial charge in [-0.1, -0.05) is 11.8 Å². The topological polar surface area (TPSA) is 84.3 Å². The van der Waals surface area contributed by atoms with Crippen molar-refractivity contribution < 1.29 is 9.78 Å². The van der Waals surface area contributed by atoms with Gasteiger partial charge in [0.15, 0.2) is 5.03 Å². The summed E-state index contributed by atoms with van der Waals surface area (Å²) in [5, 5.41) is 10.4. The number of fused-ring (bicyclic) bond motifs is 1. The van der Waals surface area contributed by atoms with Gasteiger partial charge in [-0.25, -0.2) is 4.98 Å². The number of nitrogens with two attached hydrogens (primary N) is 1. The Bertz CT molecular complexity index is 632. The van der Waals surface area contributed by atoms with E-state index in [1.54, 1.807) is 0 Å². The van der Waals surface area contributed by atoms with Crippen LogP contribution in [0.1, 0.15) is 42.4 Å². The summed E-state index contributed by atoms with van der Waals surface area (Å²) < 4.78 is 0. The number of aromatic nitrogens is 1. The van der Waals surface area contributed by atoms with Crippen LogP contribution in [0.4, 0.5) is 5.82 Å². The van der Waals surface area contributed by atoms with Crippen molar-refractivity contribution in [3.05, 3.63) is 16.7 Å². The van der Waals surface area contributed by atoms with E-state index in [0.29, 0.717) is 5.56 Å². The third kappa shape index (κ3) is 2.91. The third-order valence-electron chi connectivity index (χ3n) is 4.41. The fourth-order valence-corrected chi connectivity index (χ4v) is 4.17. The molecule has 1 amide bonds. The van der Waals surface area contributed by atoms with Gasteiger partial charge in [-0.05, 0) is 44.1 Å². The first-order valence-corrected chi connectivity index (χ1v) is 8.86. The van der Waals surface area contributed by atoms with Crippen molar-refractivity contribution in [1.82, 2.24) is 0 Å². The Morgan fingerprint density at radius 2 is 1.91 bits per heavy atom. The fraction of sp³-hybridized carbons (Fsp3) is 0.562. The number of nitrogens with one attached hydrogen (secondary N) is 1. The Morgan fingerprint density at radius 3 is 2.55 bits per heavy atom. The molecule has 1 aliphatic carbocycles. The number of carbonyl (C=O) groups excluding carboxylic acids is 1. The second-order valence-corrected chi connectivity index (χ2v) is 6.89. The fourth-order valence-electron chi connectivity index (χ4n) is 3.41. The summed E-state index contributed by atoms with van der Waals surface area (Å²) in [6.45, 7) is 2.13. The number of hydrogen-bond donors (Lipinski definition) is 1. The van der Waals surface area contributed by atoms with Gasteiger partial charge in [0.05, 0.1) is 18.8 Å². The molecule has 116 valence electrons. The number of primary amides is 1. The first-order chi connectivity index (χ1) is 10.7. The van der Waals surface area contributed by atoms with Crippen molar-refractivity contribution >= 4 is 23.5 Å². The van der Waals surface area contributed by atoms with Crippen LogP contribution in [0.5, 0.6) is 0 Å². The van der Waals surface area contributed by atoms with E-state index >= 15 is 0 Å². The van der Waals surface area contributed by atoms with Crippen LogP contribution in [0.3, 0.4) is 0 Å². The molecular formula is C16H21N4OS+. The molecular weight excluding hydrogens is 296 g/mol. The van der Waals surface area contributed by atoms with Crippen LogP contribution in [-0.2, 0) is 17.6 Å². The van der Waals surface area contributed by atoms with Crippen LogP contribution < -0.4 is 15.6 Å². The zero-order chi connectivity index (χ0) is 15.5. The van der Waals surface area contributed by atoms with Gasteiger partial charge >= 0.3 is 0 Å². The average molecular weight is 317 g/mol. The van der Waals surface area contributed by atoms with Gasteiger partial charge in [0, 0.05) is 5.56 Å². The molecule has 0 atom stereocenters. The maximum absolute atomic E-state index is 11.1. The SMILES string of the molecule is N#Cc1c(SCC(N)=O)[nH+]c(N2CCCC2)c2c1CCCC2. The predicted molar refractivity (Wildman–Crippen MR) is 85.7 cm³/mol. The van der Waals surface area contributed by atoms with Crippen molar-refractivity contribution in [3.63, 3.8) is 0 Å². The van der Waals surface area contributed by atoms with Gasteiger partial charge in [0.1, 0.15) is 11.6 Å². The van der Waals surface area contributed by atoms with Crippen LogP contribution in [0.15, 0.2) is 5.03 Å². The number of hydrogen-bond acceptors (Lipinski definition) is 4. The lowest BCUT2D eigenvalue weighted by atomic mass is 9.89. The molecule has 1 saturated heterocycles. The predicted octanol–water partition coefficient (Wildman–Crippen LogP) is 1.43. The van der Waals surface area contributed by atoms with E-state index in [0.717, 1.165) is 43.2 Å². The highest BCUT2D eigenvalue weighted by Gasteiger charge is 2.31. The van der Waals surface area contributed by atoms with E-state index < -0.39 is 0 Å². The zero-order valence-corrected chi connectivity index (χ0v) is 13.5. The third-order valence-corrected chi connectivity index (χ3v) is 5.43. The lowest BCUT2D eigenvalue weighted by Gasteiger charge is -2.22. The number of thioether (sulfide) groups is 1. The molecule has 2 aliphatic rings. The second kappa shape index (κ2) is 6.57. The number of nitrogens with zero attached hydrogens (tertiary/aromatic N) is 2. The first kappa shape index (κ1) is 15.2. The minimum Gasteiger partial charge on any atom is -0.369 e. The van der Waals surface area contributed by atoms with Crippen LogP contribution >= 0.6 is 11.8 Å². The van der Waals surface area contributed by atoms with E-state index in [4.69, 9.17) is 5.73 Å². The van der Waals surface area contributed by atoms with E-state index in [2.05, 4.69) is 16.0 Å². The number of amides is 1. The van der Waals surface area contributed by atoms with Gasteiger partial charge in [-0.15, -0.1) is 0 Å². The number of rotatable bonds is 4. The molecule has 3 N–H and O–H groups in total. The monoisotopic (exact) mass is 317 g/mol. The summed E-state index contributed by atoms with van der Waals surface area (Å²) in [7, 11) is 0. The quantitative estimate of drug-likeness (QED) is 0.851. The maximum atomic E-state index is 11.1. The molecule has 0 aromatic carbocycles. The van der Waals surface area contributed by atoms with Crippen LogP contribution in [0.2, 0.25) is 0 Å². The molecule has 22 heavy (non-hydrogen) atoms. The molecule has 0 radical (unpaired) electrons. The normalized spacial score (nSPS) is 17.1. The van der Waals surface area contributed by atoms with Crippen molar-refractivity contribution in [2.45, 2.75) is 43.6 Å². The summed E-state index contributed by atoms with van der Waals surface area (Å²) >= 11 is 1.35. The molecule has 5 nitrogen and oxygen atoms in total. The highest BCUT2D eigenvalue weighted by molar-refractivity contribution is 7.99. The minimum atomic E-state index is -0.359. The molecule has 2 heterocycles. The number of aromatic amines is 1. The van der Waals surface area contributed by atoms with Gasteiger partial charge in [0.25, 0.3) is 5.82 Å². The van der Waals surface area contributed by atoms with Crippen LogP contribution in [-0.4, -0.2) is 24.7 Å². The number of carbonyl (C=O) groups is 1. The number of pyridine rings is 1. The minimum absolute atomic E-state index is 0.198. The number of nitriles is 1. The standard InChI is InChI=1S/C16H20N4OS/c17-9-13-11-5-1-2-6-12(11)15(20-7-3-4-8-20)19-16(13)22-10-14(18)21/h1-8,10H2,(H2,18,21)/p+1. The van der Waals surface area contributed by atoms with Gasteiger partial charge in [0.2, 0.25) is 5.91 Å². The lowest BCUT2D eigenvalue weighted by Crippen LogP contribution is -2.31. The summed E-state index contributed by atoms with van der Waals surface area (Å²) in [4.78, 5) is 16.9. The summed E-state index contributed by atoms with van der Waals surface area (Å²) in [6, 6.07) is 2.34. The molecule has 1 aromatic heterocycles. The van der Waals surface area contributed by atoms with Gasteiger partial charge in [-0.2, -0.15) is 5.26 Å². The zero-order valence-electron chi connectivity index (χ0n) is 12.7. The summed E-state index contributed by atoms with van der Waals surface area (Å²) in [6.07, 6.45) is 6.73. The Hall–Kier alpha value is -1.74. The highest BCUT2D eigenvalue weighted by atomic mass is 32.2. The maximum Gasteiger partial charge on any atom is 0.278 e. The van der Waals surface area contributed by atoms with E-state index in [1.807, 2.05) is 0 Å². The second-order valence-electron chi connectivity index (χ2n) is 5.90. The Balaban J connectivity index is 2.06. The molecule has 0 bridgehead atoms. The molecule has 1 fully saturated rings. The summed E-state index contributed by atoms with van der Waals surface area (Å²) in [5.74, 6) is 1.00. The molecule has 0 spiro atoms. The van der Waals surface area contributed by atoms with Gasteiger partial charge < -0.3 is 5.73 Å². The first-order valence-electron chi connectivity index (χ1n) is 7.88. The van der Waals surface area contributed by atoms with Crippen molar-refractivity contribution in [1.29, 1.82) is 5.26 Å². The molecule has 1 aliphatic heterocycles. The number of H-pyrrole nitrogens is 1. The summed E-state index contributed by atoms with van der Waals surface area (Å²) in [5.41, 5.74) is 8.47. The van der Waals surface area contributed by atoms with Crippen molar-refractivity contribution in [2.24, 2.45) is 5.73 Å². The Labute approximate surface area is 134 Å². The Morgan fingerprint density at radius 1 is 1.23 bits per heavy atom. The van der Waals surface area contributed by atoms with E-state index in [9.17, 15) is 10.1 Å². The van der Waals surface area contributed by atoms with Crippen LogP contribution in [0, 0.1) is 11.3 Å². The van der Waals surface area contributed by atoms with E-state index in [-0.39, 0.29) is 11.7 Å². The number of anilines is 1. The van der Waals surface area contributed by atoms with Crippen molar-refractivity contribution in [2.75, 3.05) is 23.7 Å². The lowest BCUT2D eigenvalue weighted by molar-refractivity contribution is -0.414. The Kier molecular flexibility index (Phi) is 4.53. The average Bonchev–Trinajstić information content (AvgIpc) is 3.05. The highest BCUT2D eigenvalue weighted by Crippen LogP contribution is 2.34. The smallest absolute Gasteiger partial charge is 0.278 e. The van der Waals surface area contributed by atoms with Crippen LogP contribution in [0.25, 0.3) is 0 Å². The van der Waals surface area contributed by atoms with Gasteiger partial charge in [-0.3, -0.25) is 9.69 Å². The largest absolute Gasteiger partial charge is 0.369 e. The molecule has 0 unspecified atom stereocenters. The molecule has 3 rings (SSSR count).